The molecule has 0 aliphatic heterocycles. The Kier molecular flexibility index (Phi) is 5.00. The molecule has 21 heavy (non-hydrogen) atoms. The normalized spacial score (nSPS) is 10.1. The predicted molar refractivity (Wildman–Crippen MR) is 86.7 cm³/mol. The van der Waals surface area contributed by atoms with E-state index in [0.29, 0.717) is 18.0 Å². The van der Waals surface area contributed by atoms with Gasteiger partial charge in [0.15, 0.2) is 0 Å². The lowest BCUT2D eigenvalue weighted by atomic mass is 10.1. The predicted octanol–water partition coefficient (Wildman–Crippen LogP) is 1.92. The van der Waals surface area contributed by atoms with Gasteiger partial charge in [-0.25, -0.2) is 0 Å². The minimum atomic E-state index is 0.0573. The first-order chi connectivity index (χ1) is 10.1. The molecule has 0 radical (unpaired) electrons. The molecule has 108 valence electrons. The van der Waals surface area contributed by atoms with Crippen LogP contribution >= 0.6 is 12.2 Å². The van der Waals surface area contributed by atoms with Crippen molar-refractivity contribution in [1.82, 2.24) is 9.88 Å². The highest BCUT2D eigenvalue weighted by Gasteiger charge is 2.10. The number of rotatable bonds is 5. The number of carbonyl (C=O) groups excluding carboxylic acids is 1. The van der Waals surface area contributed by atoms with E-state index in [4.69, 9.17) is 18.0 Å². The number of benzene rings is 1. The number of pyridine rings is 1. The molecule has 0 atom stereocenters. The largest absolute Gasteiger partial charge is 0.389 e. The second-order valence-corrected chi connectivity index (χ2v) is 5.29. The van der Waals surface area contributed by atoms with Crippen LogP contribution in [0, 0.1) is 0 Å². The number of hydrogen-bond acceptors (Lipinski definition) is 3. The van der Waals surface area contributed by atoms with Crippen molar-refractivity contribution in [3.8, 4) is 0 Å². The molecule has 0 saturated carbocycles. The fourth-order valence-corrected chi connectivity index (χ4v) is 2.09. The zero-order valence-corrected chi connectivity index (χ0v) is 12.6. The average Bonchev–Trinajstić information content (AvgIpc) is 2.48. The lowest BCUT2D eigenvalue weighted by Crippen LogP contribution is -2.27. The van der Waals surface area contributed by atoms with Crippen molar-refractivity contribution in [1.29, 1.82) is 0 Å². The summed E-state index contributed by atoms with van der Waals surface area (Å²) in [5, 5.41) is 0. The lowest BCUT2D eigenvalue weighted by molar-refractivity contribution is -0.129. The van der Waals surface area contributed by atoms with E-state index >= 15 is 0 Å². The number of nitrogens with zero attached hydrogens (tertiary/aromatic N) is 2. The molecular weight excluding hydrogens is 282 g/mol. The summed E-state index contributed by atoms with van der Waals surface area (Å²) in [6.45, 7) is 0.553. The van der Waals surface area contributed by atoms with E-state index in [-0.39, 0.29) is 5.91 Å². The van der Waals surface area contributed by atoms with E-state index in [1.807, 2.05) is 36.4 Å². The summed E-state index contributed by atoms with van der Waals surface area (Å²) < 4.78 is 0. The van der Waals surface area contributed by atoms with E-state index in [2.05, 4.69) is 4.98 Å². The van der Waals surface area contributed by atoms with Crippen molar-refractivity contribution < 1.29 is 4.79 Å². The van der Waals surface area contributed by atoms with Crippen LogP contribution in [0.2, 0.25) is 0 Å². The molecule has 1 amide bonds. The molecular formula is C16H17N3OS. The van der Waals surface area contributed by atoms with Gasteiger partial charge < -0.3 is 10.6 Å². The smallest absolute Gasteiger partial charge is 0.227 e. The van der Waals surface area contributed by atoms with E-state index in [1.165, 1.54) is 0 Å². The molecule has 2 aromatic rings. The molecule has 5 heteroatoms. The van der Waals surface area contributed by atoms with Gasteiger partial charge in [-0.05, 0) is 17.2 Å². The van der Waals surface area contributed by atoms with Gasteiger partial charge in [0.2, 0.25) is 5.91 Å². The second kappa shape index (κ2) is 6.95. The van der Waals surface area contributed by atoms with Crippen LogP contribution in [0.15, 0.2) is 48.8 Å². The molecule has 0 unspecified atom stereocenters. The summed E-state index contributed by atoms with van der Waals surface area (Å²) in [7, 11) is 1.79. The zero-order chi connectivity index (χ0) is 15.2. The molecule has 1 aromatic carbocycles. The highest BCUT2D eigenvalue weighted by molar-refractivity contribution is 7.80. The molecule has 0 aliphatic carbocycles. The summed E-state index contributed by atoms with van der Waals surface area (Å²) in [6.07, 6.45) is 3.84. The van der Waals surface area contributed by atoms with Crippen molar-refractivity contribution in [3.05, 3.63) is 65.5 Å². The second-order valence-electron chi connectivity index (χ2n) is 4.85. The van der Waals surface area contributed by atoms with Crippen LogP contribution in [-0.4, -0.2) is 27.8 Å². The maximum atomic E-state index is 12.2. The molecule has 0 fully saturated rings. The van der Waals surface area contributed by atoms with Crippen LogP contribution in [-0.2, 0) is 17.8 Å². The van der Waals surface area contributed by atoms with E-state index < -0.39 is 0 Å². The number of amides is 1. The fourth-order valence-electron chi connectivity index (χ4n) is 1.95. The first-order valence-electron chi connectivity index (χ1n) is 6.58. The Morgan fingerprint density at radius 2 is 1.95 bits per heavy atom. The van der Waals surface area contributed by atoms with Gasteiger partial charge in [-0.15, -0.1) is 0 Å². The summed E-state index contributed by atoms with van der Waals surface area (Å²) >= 11 is 4.90. The first-order valence-corrected chi connectivity index (χ1v) is 6.98. The SMILES string of the molecule is CN(Cc1cccnc1)C(=O)Cc1ccc(C(N)=S)cc1. The Bertz CT molecular complexity index is 626. The number of thiocarbonyl (C=S) groups is 1. The van der Waals surface area contributed by atoms with Gasteiger partial charge in [0.05, 0.1) is 6.42 Å². The van der Waals surface area contributed by atoms with E-state index in [9.17, 15) is 4.79 Å². The minimum absolute atomic E-state index is 0.0573. The van der Waals surface area contributed by atoms with Crippen LogP contribution in [0.4, 0.5) is 0 Å². The van der Waals surface area contributed by atoms with Crippen molar-refractivity contribution in [2.75, 3.05) is 7.05 Å². The highest BCUT2D eigenvalue weighted by atomic mass is 32.1. The van der Waals surface area contributed by atoms with E-state index in [1.54, 1.807) is 24.3 Å². The lowest BCUT2D eigenvalue weighted by Gasteiger charge is -2.17. The molecule has 4 nitrogen and oxygen atoms in total. The minimum Gasteiger partial charge on any atom is -0.389 e. The van der Waals surface area contributed by atoms with Crippen molar-refractivity contribution in [2.45, 2.75) is 13.0 Å². The Morgan fingerprint density at radius 1 is 1.24 bits per heavy atom. The molecule has 0 bridgehead atoms. The molecule has 0 aliphatic rings. The third kappa shape index (κ3) is 4.36. The Labute approximate surface area is 129 Å². The number of carbonyl (C=O) groups is 1. The van der Waals surface area contributed by atoms with Gasteiger partial charge in [-0.3, -0.25) is 9.78 Å². The summed E-state index contributed by atoms with van der Waals surface area (Å²) in [4.78, 5) is 18.3. The van der Waals surface area contributed by atoms with E-state index in [0.717, 1.165) is 16.7 Å². The summed E-state index contributed by atoms with van der Waals surface area (Å²) in [5.41, 5.74) is 8.31. The zero-order valence-electron chi connectivity index (χ0n) is 11.8. The third-order valence-electron chi connectivity index (χ3n) is 3.16. The number of likely N-dealkylation sites (N-methyl/N-ethyl adjacent to an activating group) is 1. The van der Waals surface area contributed by atoms with Gasteiger partial charge in [-0.1, -0.05) is 42.5 Å². The quantitative estimate of drug-likeness (QED) is 0.857. The number of nitrogens with two attached hydrogens (primary N) is 1. The van der Waals surface area contributed by atoms with Crippen LogP contribution in [0.5, 0.6) is 0 Å². The molecule has 1 heterocycles. The molecule has 0 spiro atoms. The number of aromatic nitrogens is 1. The Balaban J connectivity index is 1.95. The standard InChI is InChI=1S/C16H17N3OS/c1-19(11-13-3-2-8-18-10-13)15(20)9-12-4-6-14(7-5-12)16(17)21/h2-8,10H,9,11H2,1H3,(H2,17,21). The van der Waals surface area contributed by atoms with Crippen LogP contribution in [0.1, 0.15) is 16.7 Å². The number of hydrogen-bond donors (Lipinski definition) is 1. The van der Waals surface area contributed by atoms with Crippen molar-refractivity contribution in [3.63, 3.8) is 0 Å². The van der Waals surface area contributed by atoms with Gasteiger partial charge in [0.25, 0.3) is 0 Å². The van der Waals surface area contributed by atoms with Crippen molar-refractivity contribution >= 4 is 23.1 Å². The van der Waals surface area contributed by atoms with Crippen molar-refractivity contribution in [2.24, 2.45) is 5.73 Å². The Morgan fingerprint density at radius 3 is 2.52 bits per heavy atom. The van der Waals surface area contributed by atoms with Crippen LogP contribution in [0.3, 0.4) is 0 Å². The maximum Gasteiger partial charge on any atom is 0.227 e. The van der Waals surface area contributed by atoms with Gasteiger partial charge >= 0.3 is 0 Å². The van der Waals surface area contributed by atoms with Gasteiger partial charge in [0, 0.05) is 31.5 Å². The summed E-state index contributed by atoms with van der Waals surface area (Å²) in [6, 6.07) is 11.3. The van der Waals surface area contributed by atoms with Gasteiger partial charge in [0.1, 0.15) is 4.99 Å². The average molecular weight is 299 g/mol. The third-order valence-corrected chi connectivity index (χ3v) is 3.40. The maximum absolute atomic E-state index is 12.2. The Hall–Kier alpha value is -2.27. The molecule has 2 N–H and O–H groups in total. The topological polar surface area (TPSA) is 59.2 Å². The highest BCUT2D eigenvalue weighted by Crippen LogP contribution is 2.08. The summed E-state index contributed by atoms with van der Waals surface area (Å²) in [5.74, 6) is 0.0573. The molecule has 0 saturated heterocycles. The van der Waals surface area contributed by atoms with Crippen LogP contribution in [0.25, 0.3) is 0 Å². The van der Waals surface area contributed by atoms with Gasteiger partial charge in [-0.2, -0.15) is 0 Å². The monoisotopic (exact) mass is 299 g/mol. The molecule has 1 aromatic heterocycles. The first kappa shape index (κ1) is 15.1. The van der Waals surface area contributed by atoms with Crippen LogP contribution < -0.4 is 5.73 Å². The fraction of sp³-hybridized carbons (Fsp3) is 0.188. The molecule has 2 rings (SSSR count).